The highest BCUT2D eigenvalue weighted by atomic mass is 19.1. The number of hydrogen-bond acceptors (Lipinski definition) is 12. The molecule has 0 atom stereocenters. The third kappa shape index (κ3) is 8.11. The number of nitro groups is 2. The van der Waals surface area contributed by atoms with Gasteiger partial charge < -0.3 is 30.8 Å². The van der Waals surface area contributed by atoms with Crippen LogP contribution in [0.3, 0.4) is 0 Å². The van der Waals surface area contributed by atoms with Crippen LogP contribution >= 0.6 is 0 Å². The lowest BCUT2D eigenvalue weighted by molar-refractivity contribution is -0.383. The molecule has 18 nitrogen and oxygen atoms in total. The third-order valence-corrected chi connectivity index (χ3v) is 9.29. The van der Waals surface area contributed by atoms with Crippen molar-refractivity contribution in [3.05, 3.63) is 107 Å². The van der Waals surface area contributed by atoms with Crippen LogP contribution in [0.5, 0.6) is 0 Å². The van der Waals surface area contributed by atoms with Gasteiger partial charge in [-0.3, -0.25) is 40.0 Å². The normalized spacial score (nSPS) is 11.4. The number of nitrogens with one attached hydrogen (secondary N) is 5. The molecule has 0 fully saturated rings. The smallest absolute Gasteiger partial charge is 0.293 e. The predicted molar refractivity (Wildman–Crippen MR) is 221 cm³/mol. The number of H-pyrrole nitrogens is 4. The standard InChI is InChI=1S/C19H20N6O3.C14H7FN4O3.C5H14N2/c1-24(2)9-3-8-20-13-6-7-15(25(27)28)18-17(13)19(26)16-11-10-21-23-12(11)4-5-14(16)22-18;15-7-1-4-10(19(21)22)13-12(7)14(20)11-6-5-16-18-8(6)2-3-9(11)17-13;1-7(2)5-3-4-6/h4-7,10,20H,3,8-9H2,1-2H3,(H,21,23)(H,22,26);1-5H,(H,16,18)(H,17,20);3-6H2,1-2H3. The van der Waals surface area contributed by atoms with E-state index in [0.29, 0.717) is 50.3 Å². The second-order valence-corrected chi connectivity index (χ2v) is 13.8. The molecule has 19 heteroatoms. The first-order chi connectivity index (χ1) is 27.3. The van der Waals surface area contributed by atoms with Gasteiger partial charge in [0.25, 0.3) is 11.4 Å². The molecular formula is C38H41FN12O6. The Morgan fingerprint density at radius 3 is 1.65 bits per heavy atom. The number of benzene rings is 4. The van der Waals surface area contributed by atoms with Gasteiger partial charge in [0.1, 0.15) is 16.9 Å². The van der Waals surface area contributed by atoms with Gasteiger partial charge in [-0.2, -0.15) is 10.2 Å². The maximum absolute atomic E-state index is 14.1. The minimum Gasteiger partial charge on any atom is -0.384 e. The molecule has 0 saturated heterocycles. The fraction of sp³-hybridized carbons (Fsp3) is 0.263. The van der Waals surface area contributed by atoms with E-state index in [4.69, 9.17) is 5.73 Å². The summed E-state index contributed by atoms with van der Waals surface area (Å²) in [5.74, 6) is -0.802. The molecule has 4 aromatic heterocycles. The third-order valence-electron chi connectivity index (χ3n) is 9.29. The Kier molecular flexibility index (Phi) is 11.8. The number of non-ortho nitro benzene ring substituents is 2. The van der Waals surface area contributed by atoms with Crippen LogP contribution in [0.4, 0.5) is 21.5 Å². The van der Waals surface area contributed by atoms with Gasteiger partial charge >= 0.3 is 0 Å². The zero-order valence-corrected chi connectivity index (χ0v) is 31.6. The Morgan fingerprint density at radius 1 is 0.684 bits per heavy atom. The maximum Gasteiger partial charge on any atom is 0.293 e. The van der Waals surface area contributed by atoms with Crippen LogP contribution in [0.2, 0.25) is 0 Å². The summed E-state index contributed by atoms with van der Waals surface area (Å²) < 4.78 is 14.1. The van der Waals surface area contributed by atoms with E-state index in [0.717, 1.165) is 50.1 Å². The Hall–Kier alpha value is -6.83. The summed E-state index contributed by atoms with van der Waals surface area (Å²) in [4.78, 5) is 57.7. The number of halogens is 1. The van der Waals surface area contributed by atoms with Crippen molar-refractivity contribution in [2.45, 2.75) is 12.8 Å². The molecule has 7 N–H and O–H groups in total. The molecule has 0 saturated carbocycles. The number of anilines is 1. The highest BCUT2D eigenvalue weighted by Gasteiger charge is 2.22. The van der Waals surface area contributed by atoms with E-state index in [1.807, 2.05) is 14.1 Å². The summed E-state index contributed by atoms with van der Waals surface area (Å²) in [5, 5.41) is 41.2. The first-order valence-electron chi connectivity index (χ1n) is 17.9. The summed E-state index contributed by atoms with van der Waals surface area (Å²) in [7, 11) is 8.09. The van der Waals surface area contributed by atoms with Gasteiger partial charge in [-0.05, 0) is 97.1 Å². The second-order valence-electron chi connectivity index (χ2n) is 13.8. The van der Waals surface area contributed by atoms with E-state index >= 15 is 0 Å². The van der Waals surface area contributed by atoms with E-state index < -0.39 is 21.1 Å². The predicted octanol–water partition coefficient (Wildman–Crippen LogP) is 5.33. The van der Waals surface area contributed by atoms with Crippen molar-refractivity contribution in [2.24, 2.45) is 5.73 Å². The number of nitrogens with zero attached hydrogens (tertiary/aromatic N) is 6. The number of rotatable bonds is 10. The molecule has 0 unspecified atom stereocenters. The Balaban J connectivity index is 0.000000169. The number of nitro benzene ring substituents is 2. The SMILES string of the molecule is CN(C)CCCN.CN(C)CCCNc1ccc([N+](=O)[O-])c2[nH]c3ccc4[nH]ncc4c3c(=O)c12.O=c1c2c(F)ccc([N+](=O)[O-])c2[nH]c2ccc3[nH]ncc3c12. The summed E-state index contributed by atoms with van der Waals surface area (Å²) in [6.07, 6.45) is 5.05. The quantitative estimate of drug-likeness (QED) is 0.0446. The van der Waals surface area contributed by atoms with Crippen LogP contribution in [0.1, 0.15) is 12.8 Å². The molecule has 0 aliphatic carbocycles. The number of hydrogen-bond donors (Lipinski definition) is 6. The van der Waals surface area contributed by atoms with Crippen molar-refractivity contribution in [3.63, 3.8) is 0 Å². The first-order valence-corrected chi connectivity index (χ1v) is 17.9. The van der Waals surface area contributed by atoms with Gasteiger partial charge in [-0.15, -0.1) is 0 Å². The fourth-order valence-corrected chi connectivity index (χ4v) is 6.60. The van der Waals surface area contributed by atoms with Crippen molar-refractivity contribution in [3.8, 4) is 0 Å². The number of fused-ring (bicyclic) bond motifs is 8. The van der Waals surface area contributed by atoms with Crippen LogP contribution < -0.4 is 21.9 Å². The first kappa shape index (κ1) is 39.9. The number of aromatic amines is 4. The number of nitrogens with two attached hydrogens (primary N) is 1. The highest BCUT2D eigenvalue weighted by Crippen LogP contribution is 2.32. The van der Waals surface area contributed by atoms with Gasteiger partial charge in [-0.1, -0.05) is 0 Å². The number of pyridine rings is 2. The molecule has 4 heterocycles. The van der Waals surface area contributed by atoms with Crippen LogP contribution in [0, 0.1) is 26.0 Å². The summed E-state index contributed by atoms with van der Waals surface area (Å²) in [6.45, 7) is 3.46. The second kappa shape index (κ2) is 16.9. The maximum atomic E-state index is 14.1. The van der Waals surface area contributed by atoms with Crippen LogP contribution in [0.15, 0.2) is 70.5 Å². The van der Waals surface area contributed by atoms with E-state index in [-0.39, 0.29) is 38.6 Å². The molecular weight excluding hydrogens is 739 g/mol. The van der Waals surface area contributed by atoms with E-state index in [9.17, 15) is 34.2 Å². The lowest BCUT2D eigenvalue weighted by Gasteiger charge is -2.13. The average Bonchev–Trinajstić information content (AvgIpc) is 3.86. The molecule has 296 valence electrons. The lowest BCUT2D eigenvalue weighted by Crippen LogP contribution is -2.17. The Morgan fingerprint density at radius 2 is 1.16 bits per heavy atom. The molecule has 0 spiro atoms. The minimum absolute atomic E-state index is 0.120. The molecule has 4 aromatic carbocycles. The molecule has 0 aliphatic rings. The zero-order valence-electron chi connectivity index (χ0n) is 31.6. The van der Waals surface area contributed by atoms with Gasteiger partial charge in [0.05, 0.1) is 65.9 Å². The van der Waals surface area contributed by atoms with Crippen molar-refractivity contribution >= 4 is 82.5 Å². The van der Waals surface area contributed by atoms with Crippen molar-refractivity contribution in [1.82, 2.24) is 40.2 Å². The van der Waals surface area contributed by atoms with Crippen molar-refractivity contribution in [2.75, 3.05) is 59.7 Å². The molecule has 57 heavy (non-hydrogen) atoms. The molecule has 8 aromatic rings. The van der Waals surface area contributed by atoms with Gasteiger partial charge in [0.2, 0.25) is 5.43 Å². The molecule has 0 amide bonds. The van der Waals surface area contributed by atoms with Crippen molar-refractivity contribution < 1.29 is 14.2 Å². The van der Waals surface area contributed by atoms with Gasteiger partial charge in [0.15, 0.2) is 5.43 Å². The van der Waals surface area contributed by atoms with Crippen LogP contribution in [0.25, 0.3) is 65.4 Å². The average molecular weight is 781 g/mol. The largest absolute Gasteiger partial charge is 0.384 e. The van der Waals surface area contributed by atoms with Crippen LogP contribution in [-0.4, -0.2) is 104 Å². The van der Waals surface area contributed by atoms with Gasteiger partial charge in [-0.25, -0.2) is 4.39 Å². The molecule has 8 rings (SSSR count). The van der Waals surface area contributed by atoms with E-state index in [1.54, 1.807) is 36.5 Å². The number of aromatic nitrogens is 6. The van der Waals surface area contributed by atoms with Crippen molar-refractivity contribution in [1.29, 1.82) is 0 Å². The summed E-state index contributed by atoms with van der Waals surface area (Å²) in [6, 6.07) is 11.8. The molecule has 0 aliphatic heterocycles. The molecule has 0 bridgehead atoms. The monoisotopic (exact) mass is 780 g/mol. The highest BCUT2D eigenvalue weighted by molar-refractivity contribution is 6.12. The molecule has 0 radical (unpaired) electrons. The Labute approximate surface area is 322 Å². The zero-order chi connectivity index (χ0) is 41.0. The Bertz CT molecular complexity index is 2900. The topological polar surface area (TPSA) is 254 Å². The minimum atomic E-state index is -0.802. The summed E-state index contributed by atoms with van der Waals surface area (Å²) >= 11 is 0. The van der Waals surface area contributed by atoms with E-state index in [2.05, 4.69) is 59.6 Å². The van der Waals surface area contributed by atoms with Gasteiger partial charge in [0, 0.05) is 35.1 Å². The van der Waals surface area contributed by atoms with Crippen LogP contribution in [-0.2, 0) is 0 Å². The van der Waals surface area contributed by atoms with E-state index in [1.165, 1.54) is 12.3 Å². The fourth-order valence-electron chi connectivity index (χ4n) is 6.60. The summed E-state index contributed by atoms with van der Waals surface area (Å²) in [5.41, 5.74) is 6.91. The lowest BCUT2D eigenvalue weighted by atomic mass is 10.0.